The Morgan fingerprint density at radius 3 is 2.73 bits per heavy atom. The van der Waals surface area contributed by atoms with Gasteiger partial charge in [-0.1, -0.05) is 6.07 Å². The van der Waals surface area contributed by atoms with Gasteiger partial charge < -0.3 is 14.6 Å². The van der Waals surface area contributed by atoms with Crippen LogP contribution < -0.4 is 15.6 Å². The zero-order chi connectivity index (χ0) is 20.8. The van der Waals surface area contributed by atoms with Gasteiger partial charge in [-0.25, -0.2) is 4.39 Å². The van der Waals surface area contributed by atoms with Gasteiger partial charge in [0.05, 0.1) is 18.3 Å². The molecule has 5 rings (SSSR count). The van der Waals surface area contributed by atoms with Crippen molar-refractivity contribution in [3.05, 3.63) is 82.2 Å². The lowest BCUT2D eigenvalue weighted by molar-refractivity contribution is 0.411. The molecule has 152 valence electrons. The maximum atomic E-state index is 14.4. The summed E-state index contributed by atoms with van der Waals surface area (Å²) in [6.07, 6.45) is 2.71. The standard InChI is InChI=1S/C24H22FN3O2/c1-27-22-12-16(3-5-19(22)20-7-9-26-14-23(20)27)28-10-8-15(11-24(28)29)18-6-4-17(30-2)13-21(18)25/h3-6,8,10-13,26H,7,9,14H2,1-2H3. The van der Waals surface area contributed by atoms with Crippen LogP contribution in [0.5, 0.6) is 5.75 Å². The van der Waals surface area contributed by atoms with Crippen LogP contribution in [0.15, 0.2) is 59.5 Å². The minimum Gasteiger partial charge on any atom is -0.497 e. The molecule has 1 N–H and O–H groups in total. The third kappa shape index (κ3) is 2.92. The third-order valence-corrected chi connectivity index (χ3v) is 5.95. The Morgan fingerprint density at radius 2 is 1.97 bits per heavy atom. The number of hydrogen-bond donors (Lipinski definition) is 1. The Hall–Kier alpha value is -3.38. The van der Waals surface area contributed by atoms with E-state index < -0.39 is 5.82 Å². The summed E-state index contributed by atoms with van der Waals surface area (Å²) in [5.74, 6) is 0.0225. The van der Waals surface area contributed by atoms with E-state index >= 15 is 0 Å². The Labute approximate surface area is 173 Å². The number of aryl methyl sites for hydroxylation is 1. The summed E-state index contributed by atoms with van der Waals surface area (Å²) in [7, 11) is 3.56. The van der Waals surface area contributed by atoms with Crippen molar-refractivity contribution in [1.82, 2.24) is 14.5 Å². The smallest absolute Gasteiger partial charge is 0.255 e. The number of methoxy groups -OCH3 is 1. The highest BCUT2D eigenvalue weighted by atomic mass is 19.1. The molecule has 5 nitrogen and oxygen atoms in total. The number of nitrogens with one attached hydrogen (secondary N) is 1. The summed E-state index contributed by atoms with van der Waals surface area (Å²) in [6.45, 7) is 1.84. The highest BCUT2D eigenvalue weighted by Crippen LogP contribution is 2.30. The molecule has 2 aromatic heterocycles. The number of aromatic nitrogens is 2. The largest absolute Gasteiger partial charge is 0.497 e. The van der Waals surface area contributed by atoms with E-state index in [1.807, 2.05) is 12.1 Å². The fourth-order valence-corrected chi connectivity index (χ4v) is 4.35. The van der Waals surface area contributed by atoms with E-state index in [1.54, 1.807) is 29.0 Å². The molecule has 1 aliphatic heterocycles. The SMILES string of the molecule is COc1ccc(-c2ccn(-c3ccc4c5c(n(C)c4c3)CNCC5)c(=O)c2)c(F)c1. The first kappa shape index (κ1) is 18.6. The van der Waals surface area contributed by atoms with E-state index in [1.165, 1.54) is 35.9 Å². The van der Waals surface area contributed by atoms with Crippen molar-refractivity contribution in [3.8, 4) is 22.6 Å². The fraction of sp³-hybridized carbons (Fsp3) is 0.208. The minimum atomic E-state index is -0.420. The maximum absolute atomic E-state index is 14.4. The summed E-state index contributed by atoms with van der Waals surface area (Å²) >= 11 is 0. The fourth-order valence-electron chi connectivity index (χ4n) is 4.35. The molecule has 3 heterocycles. The van der Waals surface area contributed by atoms with Crippen LogP contribution >= 0.6 is 0 Å². The van der Waals surface area contributed by atoms with E-state index in [0.29, 0.717) is 16.9 Å². The van der Waals surface area contributed by atoms with Gasteiger partial charge >= 0.3 is 0 Å². The second-order valence-electron chi connectivity index (χ2n) is 7.58. The number of benzene rings is 2. The Bertz CT molecular complexity index is 1340. The first-order chi connectivity index (χ1) is 14.6. The van der Waals surface area contributed by atoms with Crippen LogP contribution in [0.4, 0.5) is 4.39 Å². The first-order valence-electron chi connectivity index (χ1n) is 9.94. The molecule has 6 heteroatoms. The molecule has 0 aliphatic carbocycles. The molecule has 2 aromatic carbocycles. The lowest BCUT2D eigenvalue weighted by atomic mass is 10.0. The predicted molar refractivity (Wildman–Crippen MR) is 116 cm³/mol. The van der Waals surface area contributed by atoms with E-state index in [2.05, 4.69) is 23.0 Å². The van der Waals surface area contributed by atoms with Crippen molar-refractivity contribution < 1.29 is 9.13 Å². The number of fused-ring (bicyclic) bond motifs is 3. The molecule has 30 heavy (non-hydrogen) atoms. The van der Waals surface area contributed by atoms with E-state index in [-0.39, 0.29) is 5.56 Å². The summed E-state index contributed by atoms with van der Waals surface area (Å²) in [5.41, 5.74) is 5.29. The van der Waals surface area contributed by atoms with Crippen molar-refractivity contribution in [1.29, 1.82) is 0 Å². The molecular weight excluding hydrogens is 381 g/mol. The summed E-state index contributed by atoms with van der Waals surface area (Å²) < 4.78 is 23.3. The van der Waals surface area contributed by atoms with Gasteiger partial charge in [-0.15, -0.1) is 0 Å². The Morgan fingerprint density at radius 1 is 1.10 bits per heavy atom. The summed E-state index contributed by atoms with van der Waals surface area (Å²) in [4.78, 5) is 12.9. The molecular formula is C24H22FN3O2. The molecule has 0 saturated heterocycles. The molecule has 0 amide bonds. The van der Waals surface area contributed by atoms with E-state index in [9.17, 15) is 9.18 Å². The van der Waals surface area contributed by atoms with Crippen LogP contribution in [0, 0.1) is 5.82 Å². The maximum Gasteiger partial charge on any atom is 0.255 e. The molecule has 0 radical (unpaired) electrons. The molecule has 0 spiro atoms. The second kappa shape index (κ2) is 7.15. The van der Waals surface area contributed by atoms with Crippen molar-refractivity contribution in [2.24, 2.45) is 7.05 Å². The lowest BCUT2D eigenvalue weighted by Gasteiger charge is -2.14. The number of halogens is 1. The van der Waals surface area contributed by atoms with Gasteiger partial charge in [0, 0.05) is 48.6 Å². The highest BCUT2D eigenvalue weighted by Gasteiger charge is 2.18. The molecule has 0 saturated carbocycles. The van der Waals surface area contributed by atoms with Crippen LogP contribution in [-0.4, -0.2) is 22.8 Å². The molecule has 0 bridgehead atoms. The van der Waals surface area contributed by atoms with Gasteiger partial charge in [0.1, 0.15) is 11.6 Å². The average Bonchev–Trinajstić information content (AvgIpc) is 3.05. The minimum absolute atomic E-state index is 0.206. The number of pyridine rings is 1. The van der Waals surface area contributed by atoms with E-state index in [4.69, 9.17) is 4.74 Å². The number of hydrogen-bond acceptors (Lipinski definition) is 3. The molecule has 0 unspecified atom stereocenters. The zero-order valence-electron chi connectivity index (χ0n) is 16.9. The zero-order valence-corrected chi connectivity index (χ0v) is 16.9. The van der Waals surface area contributed by atoms with Crippen LogP contribution in [0.2, 0.25) is 0 Å². The third-order valence-electron chi connectivity index (χ3n) is 5.95. The van der Waals surface area contributed by atoms with Crippen LogP contribution in [0.25, 0.3) is 27.7 Å². The monoisotopic (exact) mass is 403 g/mol. The van der Waals surface area contributed by atoms with Gasteiger partial charge in [-0.2, -0.15) is 0 Å². The van der Waals surface area contributed by atoms with Crippen molar-refractivity contribution in [3.63, 3.8) is 0 Å². The molecule has 4 aromatic rings. The number of nitrogens with zero attached hydrogens (tertiary/aromatic N) is 2. The number of ether oxygens (including phenoxy) is 1. The topological polar surface area (TPSA) is 48.2 Å². The lowest BCUT2D eigenvalue weighted by Crippen LogP contribution is -2.24. The molecule has 0 fully saturated rings. The van der Waals surface area contributed by atoms with Gasteiger partial charge in [-0.05, 0) is 54.4 Å². The van der Waals surface area contributed by atoms with Crippen molar-refractivity contribution in [2.45, 2.75) is 13.0 Å². The van der Waals surface area contributed by atoms with Crippen LogP contribution in [0.1, 0.15) is 11.3 Å². The van der Waals surface area contributed by atoms with Crippen molar-refractivity contribution in [2.75, 3.05) is 13.7 Å². The average molecular weight is 403 g/mol. The Balaban J connectivity index is 1.57. The van der Waals surface area contributed by atoms with Crippen LogP contribution in [-0.2, 0) is 20.0 Å². The second-order valence-corrected chi connectivity index (χ2v) is 7.58. The normalized spacial score (nSPS) is 13.4. The molecule has 0 atom stereocenters. The molecule has 1 aliphatic rings. The summed E-state index contributed by atoms with van der Waals surface area (Å²) in [6, 6.07) is 14.0. The van der Waals surface area contributed by atoms with Crippen LogP contribution in [0.3, 0.4) is 0 Å². The van der Waals surface area contributed by atoms with E-state index in [0.717, 1.165) is 30.7 Å². The predicted octanol–water partition coefficient (Wildman–Crippen LogP) is 3.79. The number of rotatable bonds is 3. The van der Waals surface area contributed by atoms with Gasteiger partial charge in [0.15, 0.2) is 0 Å². The first-order valence-corrected chi connectivity index (χ1v) is 9.94. The highest BCUT2D eigenvalue weighted by molar-refractivity contribution is 5.87. The quantitative estimate of drug-likeness (QED) is 0.566. The van der Waals surface area contributed by atoms with Gasteiger partial charge in [0.25, 0.3) is 5.56 Å². The van der Waals surface area contributed by atoms with Crippen molar-refractivity contribution >= 4 is 10.9 Å². The van der Waals surface area contributed by atoms with Gasteiger partial charge in [0.2, 0.25) is 0 Å². The summed E-state index contributed by atoms with van der Waals surface area (Å²) in [5, 5.41) is 4.66. The Kier molecular flexibility index (Phi) is 4.44. The van der Waals surface area contributed by atoms with Gasteiger partial charge in [-0.3, -0.25) is 9.36 Å².